The fourth-order valence-electron chi connectivity index (χ4n) is 3.06. The summed E-state index contributed by atoms with van der Waals surface area (Å²) in [5.74, 6) is 0.112. The summed E-state index contributed by atoms with van der Waals surface area (Å²) in [5, 5.41) is 4.04. The molecule has 1 atom stereocenters. The van der Waals surface area contributed by atoms with Gasteiger partial charge in [-0.25, -0.2) is 0 Å². The van der Waals surface area contributed by atoms with Gasteiger partial charge in [-0.15, -0.1) is 0 Å². The lowest BCUT2D eigenvalue weighted by molar-refractivity contribution is 0.0775. The molecule has 3 nitrogen and oxygen atoms in total. The molecule has 2 heterocycles. The van der Waals surface area contributed by atoms with Gasteiger partial charge in [0, 0.05) is 35.1 Å². The van der Waals surface area contributed by atoms with Gasteiger partial charge in [0.05, 0.1) is 5.02 Å². The third-order valence-corrected chi connectivity index (χ3v) is 5.44. The van der Waals surface area contributed by atoms with Crippen molar-refractivity contribution in [1.29, 1.82) is 0 Å². The minimum Gasteiger partial charge on any atom is -0.338 e. The molecule has 2 fully saturated rings. The Hall–Kier alpha value is -0.580. The number of nitrogens with one attached hydrogen (secondary N) is 1. The number of benzene rings is 1. The van der Waals surface area contributed by atoms with Crippen molar-refractivity contribution in [3.63, 3.8) is 0 Å². The van der Waals surface area contributed by atoms with E-state index in [4.69, 9.17) is 11.6 Å². The quantitative estimate of drug-likeness (QED) is 0.850. The first-order valence-electron chi connectivity index (χ1n) is 6.55. The van der Waals surface area contributed by atoms with Crippen LogP contribution in [0.4, 0.5) is 0 Å². The minimum absolute atomic E-state index is 0.112. The summed E-state index contributed by atoms with van der Waals surface area (Å²) in [4.78, 5) is 14.5. The number of hydrogen-bond acceptors (Lipinski definition) is 2. The predicted molar refractivity (Wildman–Crippen MR) is 79.6 cm³/mol. The van der Waals surface area contributed by atoms with Gasteiger partial charge in [-0.1, -0.05) is 11.6 Å². The average molecular weight is 344 g/mol. The number of amides is 1. The molecule has 1 N–H and O–H groups in total. The predicted octanol–water partition coefficient (Wildman–Crippen LogP) is 2.93. The number of likely N-dealkylation sites (tertiary alicyclic amines) is 1. The average Bonchev–Trinajstić information content (AvgIpc) is 3.03. The molecular weight excluding hydrogens is 328 g/mol. The maximum atomic E-state index is 12.5. The molecule has 0 saturated carbocycles. The van der Waals surface area contributed by atoms with Crippen molar-refractivity contribution in [1.82, 2.24) is 10.2 Å². The Morgan fingerprint density at radius 2 is 2.26 bits per heavy atom. The van der Waals surface area contributed by atoms with Gasteiger partial charge in [-0.05, 0) is 53.5 Å². The van der Waals surface area contributed by atoms with Crippen molar-refractivity contribution in [2.24, 2.45) is 5.41 Å². The van der Waals surface area contributed by atoms with Crippen molar-refractivity contribution >= 4 is 33.4 Å². The fraction of sp³-hybridized carbons (Fsp3) is 0.500. The van der Waals surface area contributed by atoms with E-state index in [1.165, 1.54) is 6.42 Å². The molecule has 0 aromatic heterocycles. The SMILES string of the molecule is O=C(c1ccc(Cl)c(Br)c1)N1CCC2(CCNC2)C1. The first-order chi connectivity index (χ1) is 9.10. The molecular formula is C14H16BrClN2O. The van der Waals surface area contributed by atoms with Crippen LogP contribution in [0.2, 0.25) is 5.02 Å². The largest absolute Gasteiger partial charge is 0.338 e. The maximum absolute atomic E-state index is 12.5. The van der Waals surface area contributed by atoms with Gasteiger partial charge in [0.25, 0.3) is 5.91 Å². The molecule has 2 aliphatic rings. The second kappa shape index (κ2) is 5.08. The van der Waals surface area contributed by atoms with Crippen LogP contribution in [0.15, 0.2) is 22.7 Å². The highest BCUT2D eigenvalue weighted by Crippen LogP contribution is 2.36. The van der Waals surface area contributed by atoms with Crippen LogP contribution in [-0.2, 0) is 0 Å². The van der Waals surface area contributed by atoms with E-state index >= 15 is 0 Å². The van der Waals surface area contributed by atoms with Gasteiger partial charge in [0.1, 0.15) is 0 Å². The molecule has 0 aliphatic carbocycles. The summed E-state index contributed by atoms with van der Waals surface area (Å²) in [5.41, 5.74) is 1.03. The van der Waals surface area contributed by atoms with E-state index in [9.17, 15) is 4.79 Å². The zero-order valence-electron chi connectivity index (χ0n) is 10.6. The first-order valence-corrected chi connectivity index (χ1v) is 7.72. The molecule has 1 amide bonds. The fourth-order valence-corrected chi connectivity index (χ4v) is 3.56. The van der Waals surface area contributed by atoms with E-state index in [1.54, 1.807) is 12.1 Å². The third-order valence-electron chi connectivity index (χ3n) is 4.22. The monoisotopic (exact) mass is 342 g/mol. The molecule has 102 valence electrons. The Morgan fingerprint density at radius 1 is 1.42 bits per heavy atom. The normalized spacial score (nSPS) is 26.3. The van der Waals surface area contributed by atoms with Crippen LogP contribution in [-0.4, -0.2) is 37.0 Å². The Bertz CT molecular complexity index is 514. The molecule has 19 heavy (non-hydrogen) atoms. The Labute approximate surface area is 126 Å². The molecule has 5 heteroatoms. The standard InChI is InChI=1S/C14H16BrClN2O/c15-11-7-10(1-2-12(11)16)13(19)18-6-4-14(9-18)3-5-17-8-14/h1-2,7,17H,3-6,8-9H2. The van der Waals surface area contributed by atoms with Crippen LogP contribution in [0, 0.1) is 5.41 Å². The summed E-state index contributed by atoms with van der Waals surface area (Å²) in [6.07, 6.45) is 2.29. The molecule has 1 unspecified atom stereocenters. The highest BCUT2D eigenvalue weighted by molar-refractivity contribution is 9.10. The summed E-state index contributed by atoms with van der Waals surface area (Å²) >= 11 is 9.33. The minimum atomic E-state index is 0.112. The lowest BCUT2D eigenvalue weighted by Crippen LogP contribution is -2.33. The number of carbonyl (C=O) groups is 1. The Balaban J connectivity index is 1.76. The number of hydrogen-bond donors (Lipinski definition) is 1. The van der Waals surface area contributed by atoms with Crippen LogP contribution < -0.4 is 5.32 Å². The van der Waals surface area contributed by atoms with Gasteiger partial charge in [0.2, 0.25) is 0 Å². The summed E-state index contributed by atoms with van der Waals surface area (Å²) in [6, 6.07) is 5.37. The van der Waals surface area contributed by atoms with Crippen LogP contribution in [0.3, 0.4) is 0 Å². The van der Waals surface area contributed by atoms with Crippen molar-refractivity contribution < 1.29 is 4.79 Å². The highest BCUT2D eigenvalue weighted by Gasteiger charge is 2.41. The molecule has 0 bridgehead atoms. The molecule has 1 spiro atoms. The molecule has 3 rings (SSSR count). The Kier molecular flexibility index (Phi) is 3.58. The van der Waals surface area contributed by atoms with E-state index in [-0.39, 0.29) is 5.91 Å². The second-order valence-electron chi connectivity index (χ2n) is 5.53. The number of nitrogens with zero attached hydrogens (tertiary/aromatic N) is 1. The Morgan fingerprint density at radius 3 is 2.95 bits per heavy atom. The summed E-state index contributed by atoms with van der Waals surface area (Å²) < 4.78 is 0.774. The van der Waals surface area contributed by atoms with Crippen molar-refractivity contribution in [3.05, 3.63) is 33.3 Å². The lowest BCUT2D eigenvalue weighted by Gasteiger charge is -2.22. The molecule has 2 aliphatic heterocycles. The zero-order valence-corrected chi connectivity index (χ0v) is 12.9. The topological polar surface area (TPSA) is 32.3 Å². The highest BCUT2D eigenvalue weighted by atomic mass is 79.9. The van der Waals surface area contributed by atoms with E-state index in [0.717, 1.165) is 37.1 Å². The molecule has 2 saturated heterocycles. The van der Waals surface area contributed by atoms with E-state index in [1.807, 2.05) is 11.0 Å². The van der Waals surface area contributed by atoms with Crippen LogP contribution in [0.25, 0.3) is 0 Å². The van der Waals surface area contributed by atoms with Crippen LogP contribution in [0.1, 0.15) is 23.2 Å². The van der Waals surface area contributed by atoms with Gasteiger partial charge in [-0.3, -0.25) is 4.79 Å². The third kappa shape index (κ3) is 2.54. The number of carbonyl (C=O) groups excluding carboxylic acids is 1. The van der Waals surface area contributed by atoms with Crippen molar-refractivity contribution in [3.8, 4) is 0 Å². The van der Waals surface area contributed by atoms with Gasteiger partial charge in [-0.2, -0.15) is 0 Å². The van der Waals surface area contributed by atoms with E-state index in [0.29, 0.717) is 16.0 Å². The van der Waals surface area contributed by atoms with Gasteiger partial charge >= 0.3 is 0 Å². The second-order valence-corrected chi connectivity index (χ2v) is 6.79. The first kappa shape index (κ1) is 13.4. The smallest absolute Gasteiger partial charge is 0.253 e. The number of rotatable bonds is 1. The molecule has 1 aromatic rings. The van der Waals surface area contributed by atoms with E-state index < -0.39 is 0 Å². The van der Waals surface area contributed by atoms with Crippen molar-refractivity contribution in [2.45, 2.75) is 12.8 Å². The van der Waals surface area contributed by atoms with Crippen molar-refractivity contribution in [2.75, 3.05) is 26.2 Å². The van der Waals surface area contributed by atoms with E-state index in [2.05, 4.69) is 21.2 Å². The maximum Gasteiger partial charge on any atom is 0.253 e. The lowest BCUT2D eigenvalue weighted by atomic mass is 9.86. The molecule has 1 aromatic carbocycles. The zero-order chi connectivity index (χ0) is 13.5. The van der Waals surface area contributed by atoms with Gasteiger partial charge < -0.3 is 10.2 Å². The van der Waals surface area contributed by atoms with Gasteiger partial charge in [0.15, 0.2) is 0 Å². The number of halogens is 2. The molecule has 0 radical (unpaired) electrons. The summed E-state index contributed by atoms with van der Waals surface area (Å²) in [6.45, 7) is 3.86. The summed E-state index contributed by atoms with van der Waals surface area (Å²) in [7, 11) is 0. The van der Waals surface area contributed by atoms with Crippen LogP contribution >= 0.6 is 27.5 Å². The van der Waals surface area contributed by atoms with Crippen LogP contribution in [0.5, 0.6) is 0 Å².